The molecule has 0 fully saturated rings. The summed E-state index contributed by atoms with van der Waals surface area (Å²) >= 11 is 6.11. The SMILES string of the molecule is Cc1ccc(NC(=O)Nc2ccc(-c3[nH]c(-c4c(F)cccc4Cl)nc3C#N)cn2)cc1. The molecule has 2 aromatic carbocycles. The van der Waals surface area contributed by atoms with Crippen LogP contribution in [0.4, 0.5) is 20.7 Å². The van der Waals surface area contributed by atoms with Crippen LogP contribution in [0.3, 0.4) is 0 Å². The zero-order valence-corrected chi connectivity index (χ0v) is 17.5. The zero-order chi connectivity index (χ0) is 22.7. The van der Waals surface area contributed by atoms with Crippen LogP contribution in [0.5, 0.6) is 0 Å². The number of halogens is 2. The van der Waals surface area contributed by atoms with Crippen molar-refractivity contribution in [1.29, 1.82) is 5.26 Å². The van der Waals surface area contributed by atoms with E-state index >= 15 is 0 Å². The first-order valence-corrected chi connectivity index (χ1v) is 9.88. The van der Waals surface area contributed by atoms with E-state index in [0.29, 0.717) is 22.8 Å². The number of imidazole rings is 1. The Morgan fingerprint density at radius 1 is 1.12 bits per heavy atom. The van der Waals surface area contributed by atoms with Crippen LogP contribution < -0.4 is 10.6 Å². The van der Waals surface area contributed by atoms with E-state index < -0.39 is 11.8 Å². The van der Waals surface area contributed by atoms with E-state index in [-0.39, 0.29) is 22.1 Å². The van der Waals surface area contributed by atoms with Crippen molar-refractivity contribution in [3.63, 3.8) is 0 Å². The molecule has 9 heteroatoms. The van der Waals surface area contributed by atoms with Crippen LogP contribution >= 0.6 is 11.6 Å². The van der Waals surface area contributed by atoms with E-state index in [4.69, 9.17) is 11.6 Å². The fraction of sp³-hybridized carbons (Fsp3) is 0.0435. The monoisotopic (exact) mass is 446 g/mol. The lowest BCUT2D eigenvalue weighted by molar-refractivity contribution is 0.262. The maximum absolute atomic E-state index is 14.2. The van der Waals surface area contributed by atoms with Gasteiger partial charge in [0.2, 0.25) is 0 Å². The Kier molecular flexibility index (Phi) is 5.83. The molecule has 0 spiro atoms. The summed E-state index contributed by atoms with van der Waals surface area (Å²) in [6.07, 6.45) is 1.47. The molecule has 0 saturated carbocycles. The summed E-state index contributed by atoms with van der Waals surface area (Å²) in [5.41, 5.74) is 2.79. The molecule has 0 bridgehead atoms. The van der Waals surface area contributed by atoms with Gasteiger partial charge in [-0.05, 0) is 43.3 Å². The summed E-state index contributed by atoms with van der Waals surface area (Å²) in [6.45, 7) is 1.96. The number of aromatic amines is 1. The van der Waals surface area contributed by atoms with Crippen molar-refractivity contribution in [3.05, 3.63) is 82.9 Å². The number of nitrogens with zero attached hydrogens (tertiary/aromatic N) is 3. The molecule has 0 radical (unpaired) electrons. The second-order valence-corrected chi connectivity index (χ2v) is 7.30. The first kappa shape index (κ1) is 21.0. The summed E-state index contributed by atoms with van der Waals surface area (Å²) in [5.74, 6) is -0.104. The summed E-state index contributed by atoms with van der Waals surface area (Å²) in [6, 6.07) is 16.5. The molecule has 4 rings (SSSR count). The number of nitriles is 1. The molecule has 3 N–H and O–H groups in total. The summed E-state index contributed by atoms with van der Waals surface area (Å²) in [4.78, 5) is 23.5. The lowest BCUT2D eigenvalue weighted by Crippen LogP contribution is -2.19. The Morgan fingerprint density at radius 3 is 2.56 bits per heavy atom. The standard InChI is InChI=1S/C23H16ClFN6O/c1-13-5-8-15(9-6-13)28-23(32)30-19-10-7-14(12-27-19)21-18(11-26)29-22(31-21)20-16(24)3-2-4-17(20)25/h2-10,12H,1H3,(H,29,31)(H2,27,28,30,32). The minimum absolute atomic E-state index is 0.0685. The highest BCUT2D eigenvalue weighted by molar-refractivity contribution is 6.33. The number of benzene rings is 2. The number of rotatable bonds is 4. The van der Waals surface area contributed by atoms with Crippen molar-refractivity contribution in [2.75, 3.05) is 10.6 Å². The number of hydrogen-bond donors (Lipinski definition) is 3. The van der Waals surface area contributed by atoms with Gasteiger partial charge in [0.15, 0.2) is 5.69 Å². The molecule has 2 heterocycles. The van der Waals surface area contributed by atoms with Gasteiger partial charge in [-0.2, -0.15) is 5.26 Å². The highest BCUT2D eigenvalue weighted by atomic mass is 35.5. The quantitative estimate of drug-likeness (QED) is 0.370. The van der Waals surface area contributed by atoms with Gasteiger partial charge in [-0.25, -0.2) is 19.2 Å². The van der Waals surface area contributed by atoms with E-state index in [0.717, 1.165) is 5.56 Å². The smallest absolute Gasteiger partial charge is 0.324 e. The van der Waals surface area contributed by atoms with Crippen LogP contribution in [-0.4, -0.2) is 21.0 Å². The van der Waals surface area contributed by atoms with Crippen LogP contribution in [-0.2, 0) is 0 Å². The largest absolute Gasteiger partial charge is 0.337 e. The molecule has 0 atom stereocenters. The maximum Gasteiger partial charge on any atom is 0.324 e. The number of carbonyl (C=O) groups excluding carboxylic acids is 1. The van der Waals surface area contributed by atoms with E-state index in [2.05, 4.69) is 25.6 Å². The lowest BCUT2D eigenvalue weighted by Gasteiger charge is -2.08. The molecule has 4 aromatic rings. The number of anilines is 2. The van der Waals surface area contributed by atoms with E-state index in [1.54, 1.807) is 24.3 Å². The molecule has 7 nitrogen and oxygen atoms in total. The second kappa shape index (κ2) is 8.88. The average molecular weight is 447 g/mol. The summed E-state index contributed by atoms with van der Waals surface area (Å²) < 4.78 is 14.2. The average Bonchev–Trinajstić information content (AvgIpc) is 3.20. The Balaban J connectivity index is 1.54. The normalized spacial score (nSPS) is 10.4. The number of amides is 2. The number of carbonyl (C=O) groups is 1. The highest BCUT2D eigenvalue weighted by Crippen LogP contribution is 2.31. The molecule has 2 aromatic heterocycles. The lowest BCUT2D eigenvalue weighted by atomic mass is 10.2. The topological polar surface area (TPSA) is 106 Å². The third kappa shape index (κ3) is 4.43. The molecule has 32 heavy (non-hydrogen) atoms. The van der Waals surface area contributed by atoms with Crippen molar-refractivity contribution < 1.29 is 9.18 Å². The van der Waals surface area contributed by atoms with Crippen molar-refractivity contribution in [3.8, 4) is 28.7 Å². The van der Waals surface area contributed by atoms with Crippen molar-refractivity contribution in [2.45, 2.75) is 6.92 Å². The van der Waals surface area contributed by atoms with Gasteiger partial charge >= 0.3 is 6.03 Å². The van der Waals surface area contributed by atoms with Gasteiger partial charge in [-0.1, -0.05) is 35.4 Å². The van der Waals surface area contributed by atoms with E-state index in [9.17, 15) is 14.4 Å². The zero-order valence-electron chi connectivity index (χ0n) is 16.8. The van der Waals surface area contributed by atoms with Gasteiger partial charge in [-0.15, -0.1) is 0 Å². The Hall–Kier alpha value is -4.22. The second-order valence-electron chi connectivity index (χ2n) is 6.89. The molecule has 0 saturated heterocycles. The summed E-state index contributed by atoms with van der Waals surface area (Å²) in [7, 11) is 0. The predicted molar refractivity (Wildman–Crippen MR) is 121 cm³/mol. The van der Waals surface area contributed by atoms with Gasteiger partial charge in [0, 0.05) is 17.4 Å². The molecule has 158 valence electrons. The maximum atomic E-state index is 14.2. The molecular formula is C23H16ClFN6O. The van der Waals surface area contributed by atoms with Crippen molar-refractivity contribution in [1.82, 2.24) is 15.0 Å². The number of nitrogens with one attached hydrogen (secondary N) is 3. The van der Waals surface area contributed by atoms with Gasteiger partial charge in [0.25, 0.3) is 0 Å². The Morgan fingerprint density at radius 2 is 1.91 bits per heavy atom. The van der Waals surface area contributed by atoms with E-state index in [1.165, 1.54) is 24.4 Å². The number of H-pyrrole nitrogens is 1. The van der Waals surface area contributed by atoms with Crippen LogP contribution in [0.15, 0.2) is 60.8 Å². The van der Waals surface area contributed by atoms with Gasteiger partial charge in [-0.3, -0.25) is 5.32 Å². The number of pyridine rings is 1. The highest BCUT2D eigenvalue weighted by Gasteiger charge is 2.18. The molecular weight excluding hydrogens is 431 g/mol. The fourth-order valence-electron chi connectivity index (χ4n) is 3.04. The molecule has 0 aliphatic heterocycles. The summed E-state index contributed by atoms with van der Waals surface area (Å²) in [5, 5.41) is 15.0. The first-order valence-electron chi connectivity index (χ1n) is 9.50. The molecule has 2 amide bonds. The first-order chi connectivity index (χ1) is 15.4. The molecule has 0 unspecified atom stereocenters. The third-order valence-electron chi connectivity index (χ3n) is 4.61. The molecule has 0 aliphatic carbocycles. The minimum Gasteiger partial charge on any atom is -0.337 e. The van der Waals surface area contributed by atoms with Gasteiger partial charge < -0.3 is 10.3 Å². The fourth-order valence-corrected chi connectivity index (χ4v) is 3.29. The third-order valence-corrected chi connectivity index (χ3v) is 4.93. The minimum atomic E-state index is -0.556. The predicted octanol–water partition coefficient (Wildman–Crippen LogP) is 5.76. The van der Waals surface area contributed by atoms with Crippen LogP contribution in [0.2, 0.25) is 5.02 Å². The number of aromatic nitrogens is 3. The van der Waals surface area contributed by atoms with Gasteiger partial charge in [0.1, 0.15) is 23.5 Å². The van der Waals surface area contributed by atoms with Crippen LogP contribution in [0.1, 0.15) is 11.3 Å². The number of aryl methyl sites for hydroxylation is 1. The Labute approximate surface area is 187 Å². The van der Waals surface area contributed by atoms with E-state index in [1.807, 2.05) is 25.1 Å². The Bertz CT molecular complexity index is 1310. The van der Waals surface area contributed by atoms with Gasteiger partial charge in [0.05, 0.1) is 16.3 Å². The number of urea groups is 1. The van der Waals surface area contributed by atoms with Crippen molar-refractivity contribution in [2.24, 2.45) is 0 Å². The van der Waals surface area contributed by atoms with Crippen molar-refractivity contribution >= 4 is 29.1 Å². The van der Waals surface area contributed by atoms with Crippen LogP contribution in [0.25, 0.3) is 22.6 Å². The number of hydrogen-bond acceptors (Lipinski definition) is 4. The molecule has 0 aliphatic rings. The van der Waals surface area contributed by atoms with Crippen LogP contribution in [0, 0.1) is 24.1 Å².